The van der Waals surface area contributed by atoms with Gasteiger partial charge in [0.1, 0.15) is 12.4 Å². The van der Waals surface area contributed by atoms with E-state index in [1.807, 2.05) is 25.2 Å². The number of guanidine groups is 1. The van der Waals surface area contributed by atoms with Crippen LogP contribution in [-0.2, 0) is 18.3 Å². The lowest BCUT2D eigenvalue weighted by Gasteiger charge is -2.37. The van der Waals surface area contributed by atoms with Crippen molar-refractivity contribution in [2.45, 2.75) is 33.4 Å². The van der Waals surface area contributed by atoms with E-state index in [4.69, 9.17) is 14.7 Å². The average molecular weight is 514 g/mol. The Morgan fingerprint density at radius 1 is 1.21 bits per heavy atom. The number of morpholine rings is 1. The lowest BCUT2D eigenvalue weighted by atomic mass is 10.0. The van der Waals surface area contributed by atoms with E-state index in [-0.39, 0.29) is 24.0 Å². The van der Waals surface area contributed by atoms with E-state index in [0.717, 1.165) is 62.2 Å². The molecule has 0 bridgehead atoms. The molecule has 3 rings (SSSR count). The first kappa shape index (κ1) is 23.9. The molecule has 2 aromatic rings. The van der Waals surface area contributed by atoms with Gasteiger partial charge in [0.25, 0.3) is 0 Å². The molecule has 162 valence electrons. The van der Waals surface area contributed by atoms with E-state index < -0.39 is 0 Å². The first-order valence-electron chi connectivity index (χ1n) is 10.3. The van der Waals surface area contributed by atoms with E-state index in [1.165, 1.54) is 0 Å². The van der Waals surface area contributed by atoms with Crippen molar-refractivity contribution in [3.63, 3.8) is 0 Å². The summed E-state index contributed by atoms with van der Waals surface area (Å²) in [6.45, 7) is 12.5. The topological polar surface area (TPSA) is 66.7 Å². The predicted molar refractivity (Wildman–Crippen MR) is 130 cm³/mol. The maximum Gasteiger partial charge on any atom is 0.191 e. The van der Waals surface area contributed by atoms with Gasteiger partial charge < -0.3 is 19.9 Å². The molecule has 0 radical (unpaired) electrons. The molecule has 0 saturated carbocycles. The maximum atomic E-state index is 5.51. The first-order valence-corrected chi connectivity index (χ1v) is 10.3. The highest BCUT2D eigenvalue weighted by Crippen LogP contribution is 2.15. The van der Waals surface area contributed by atoms with Crippen LogP contribution in [-0.4, -0.2) is 65.8 Å². The number of imidazole rings is 1. The minimum absolute atomic E-state index is 0. The number of para-hydroxylation sites is 2. The van der Waals surface area contributed by atoms with Crippen molar-refractivity contribution in [3.05, 3.63) is 30.1 Å². The number of hydrogen-bond acceptors (Lipinski definition) is 4. The number of nitrogens with one attached hydrogen (secondary N) is 2. The Labute approximate surface area is 191 Å². The standard InChI is InChI=1S/C21H34N6O.HI/c1-5-22-21(23-14-19(16(2)3)27-10-12-28-13-11-27)24-15-20-25-17-8-6-7-9-18(17)26(20)4;/h6-9,16,19H,5,10-15H2,1-4H3,(H2,22,23,24);1H. The fraction of sp³-hybridized carbons (Fsp3) is 0.619. The zero-order chi connectivity index (χ0) is 19.9. The summed E-state index contributed by atoms with van der Waals surface area (Å²) < 4.78 is 7.63. The van der Waals surface area contributed by atoms with E-state index in [9.17, 15) is 0 Å². The molecule has 7 nitrogen and oxygen atoms in total. The Hall–Kier alpha value is -1.39. The SMILES string of the molecule is CCNC(=NCc1nc2ccccc2n1C)NCC(C(C)C)N1CCOCC1.I. The number of hydrogen-bond donors (Lipinski definition) is 2. The summed E-state index contributed by atoms with van der Waals surface area (Å²) in [7, 11) is 2.05. The molecule has 1 saturated heterocycles. The second-order valence-corrected chi connectivity index (χ2v) is 7.61. The van der Waals surface area contributed by atoms with Crippen LogP contribution in [0.25, 0.3) is 11.0 Å². The third kappa shape index (κ3) is 6.29. The number of fused-ring (bicyclic) bond motifs is 1. The van der Waals surface area contributed by atoms with Gasteiger partial charge in [-0.2, -0.15) is 0 Å². The third-order valence-corrected chi connectivity index (χ3v) is 5.37. The summed E-state index contributed by atoms with van der Waals surface area (Å²) in [5.41, 5.74) is 2.15. The van der Waals surface area contributed by atoms with Crippen molar-refractivity contribution in [2.24, 2.45) is 18.0 Å². The summed E-state index contributed by atoms with van der Waals surface area (Å²) in [5.74, 6) is 2.37. The highest BCUT2D eigenvalue weighted by Gasteiger charge is 2.23. The molecular weight excluding hydrogens is 479 g/mol. The van der Waals surface area contributed by atoms with Gasteiger partial charge in [-0.15, -0.1) is 24.0 Å². The maximum absolute atomic E-state index is 5.51. The van der Waals surface area contributed by atoms with Crippen LogP contribution < -0.4 is 10.6 Å². The van der Waals surface area contributed by atoms with Crippen LogP contribution in [0, 0.1) is 5.92 Å². The van der Waals surface area contributed by atoms with Crippen LogP contribution in [0.15, 0.2) is 29.3 Å². The molecular formula is C21H35IN6O. The molecule has 1 aliphatic heterocycles. The first-order chi connectivity index (χ1) is 13.6. The van der Waals surface area contributed by atoms with Gasteiger partial charge in [-0.3, -0.25) is 4.90 Å². The number of aromatic nitrogens is 2. The molecule has 1 fully saturated rings. The number of ether oxygens (including phenoxy) is 1. The Morgan fingerprint density at radius 3 is 2.59 bits per heavy atom. The quantitative estimate of drug-likeness (QED) is 0.338. The van der Waals surface area contributed by atoms with Crippen molar-refractivity contribution in [1.82, 2.24) is 25.1 Å². The lowest BCUT2D eigenvalue weighted by molar-refractivity contribution is 0.00752. The van der Waals surface area contributed by atoms with Gasteiger partial charge in [-0.25, -0.2) is 9.98 Å². The summed E-state index contributed by atoms with van der Waals surface area (Å²) in [4.78, 5) is 12.0. The molecule has 0 amide bonds. The van der Waals surface area contributed by atoms with Gasteiger partial charge in [0.15, 0.2) is 5.96 Å². The van der Waals surface area contributed by atoms with E-state index >= 15 is 0 Å². The Kier molecular flexibility index (Phi) is 9.64. The van der Waals surface area contributed by atoms with Crippen molar-refractivity contribution in [1.29, 1.82) is 0 Å². The highest BCUT2D eigenvalue weighted by molar-refractivity contribution is 14.0. The molecule has 1 aromatic heterocycles. The van der Waals surface area contributed by atoms with Crippen molar-refractivity contribution < 1.29 is 4.74 Å². The van der Waals surface area contributed by atoms with Crippen LogP contribution >= 0.6 is 24.0 Å². The number of aryl methyl sites for hydroxylation is 1. The Bertz CT molecular complexity index is 785. The molecule has 1 aliphatic rings. The monoisotopic (exact) mass is 514 g/mol. The molecule has 0 aliphatic carbocycles. The second kappa shape index (κ2) is 11.7. The molecule has 2 N–H and O–H groups in total. The number of aliphatic imine (C=N–C) groups is 1. The van der Waals surface area contributed by atoms with Crippen LogP contribution in [0.5, 0.6) is 0 Å². The van der Waals surface area contributed by atoms with Gasteiger partial charge in [-0.05, 0) is 25.0 Å². The largest absolute Gasteiger partial charge is 0.379 e. The summed E-state index contributed by atoms with van der Waals surface area (Å²) in [5, 5.41) is 6.90. The van der Waals surface area contributed by atoms with Crippen molar-refractivity contribution >= 4 is 41.0 Å². The minimum atomic E-state index is 0. The van der Waals surface area contributed by atoms with E-state index in [0.29, 0.717) is 18.5 Å². The summed E-state index contributed by atoms with van der Waals surface area (Å²) in [6, 6.07) is 8.66. The Balaban J connectivity index is 0.00000300. The summed E-state index contributed by atoms with van der Waals surface area (Å²) in [6.07, 6.45) is 0. The van der Waals surface area contributed by atoms with Gasteiger partial charge >= 0.3 is 0 Å². The minimum Gasteiger partial charge on any atom is -0.379 e. The zero-order valence-electron chi connectivity index (χ0n) is 18.0. The molecule has 1 aromatic carbocycles. The van der Waals surface area contributed by atoms with Gasteiger partial charge in [-0.1, -0.05) is 26.0 Å². The molecule has 1 atom stereocenters. The molecule has 0 spiro atoms. The van der Waals surface area contributed by atoms with Gasteiger partial charge in [0, 0.05) is 39.3 Å². The molecule has 2 heterocycles. The van der Waals surface area contributed by atoms with Crippen LogP contribution in [0.4, 0.5) is 0 Å². The van der Waals surface area contributed by atoms with Crippen LogP contribution in [0.3, 0.4) is 0 Å². The Morgan fingerprint density at radius 2 is 1.93 bits per heavy atom. The average Bonchev–Trinajstić information content (AvgIpc) is 3.03. The molecule has 29 heavy (non-hydrogen) atoms. The summed E-state index contributed by atoms with van der Waals surface area (Å²) >= 11 is 0. The third-order valence-electron chi connectivity index (χ3n) is 5.37. The zero-order valence-corrected chi connectivity index (χ0v) is 20.3. The van der Waals surface area contributed by atoms with Crippen molar-refractivity contribution in [3.8, 4) is 0 Å². The van der Waals surface area contributed by atoms with Gasteiger partial charge in [0.2, 0.25) is 0 Å². The van der Waals surface area contributed by atoms with E-state index in [2.05, 4.69) is 46.9 Å². The molecule has 1 unspecified atom stereocenters. The normalized spacial score (nSPS) is 16.7. The number of halogens is 1. The number of rotatable bonds is 7. The fourth-order valence-corrected chi connectivity index (χ4v) is 3.73. The number of nitrogens with zero attached hydrogens (tertiary/aromatic N) is 4. The lowest BCUT2D eigenvalue weighted by Crippen LogP contribution is -2.52. The van der Waals surface area contributed by atoms with Crippen LogP contribution in [0.1, 0.15) is 26.6 Å². The number of benzene rings is 1. The smallest absolute Gasteiger partial charge is 0.191 e. The van der Waals surface area contributed by atoms with E-state index in [1.54, 1.807) is 0 Å². The van der Waals surface area contributed by atoms with Crippen LogP contribution in [0.2, 0.25) is 0 Å². The molecule has 8 heteroatoms. The van der Waals surface area contributed by atoms with Crippen molar-refractivity contribution in [2.75, 3.05) is 39.4 Å². The second-order valence-electron chi connectivity index (χ2n) is 7.61. The predicted octanol–water partition coefficient (Wildman–Crippen LogP) is 2.60. The fourth-order valence-electron chi connectivity index (χ4n) is 3.73. The van der Waals surface area contributed by atoms with Gasteiger partial charge in [0.05, 0.1) is 24.2 Å². The highest BCUT2D eigenvalue weighted by atomic mass is 127.